The smallest absolute Gasteiger partial charge is 0.217 e. The van der Waals surface area contributed by atoms with Crippen LogP contribution in [-0.4, -0.2) is 24.5 Å². The fraction of sp³-hybridized carbons (Fsp3) is 0.130. The van der Waals surface area contributed by atoms with E-state index in [-0.39, 0.29) is 0 Å². The van der Waals surface area contributed by atoms with Crippen molar-refractivity contribution < 1.29 is 9.53 Å². The third-order valence-corrected chi connectivity index (χ3v) is 5.80. The van der Waals surface area contributed by atoms with Gasteiger partial charge in [0, 0.05) is 21.8 Å². The van der Waals surface area contributed by atoms with Crippen LogP contribution in [0.5, 0.6) is 0 Å². The highest BCUT2D eigenvalue weighted by atomic mass is 32.2. The third-order valence-electron chi connectivity index (χ3n) is 4.58. The van der Waals surface area contributed by atoms with Gasteiger partial charge >= 0.3 is 0 Å². The first kappa shape index (κ1) is 17.6. The molecule has 1 aliphatic rings. The lowest BCUT2D eigenvalue weighted by Gasteiger charge is -2.29. The molecule has 1 aliphatic heterocycles. The van der Waals surface area contributed by atoms with Crippen LogP contribution in [0.25, 0.3) is 0 Å². The number of ether oxygens (including phenoxy) is 1. The molecule has 0 N–H and O–H groups in total. The highest BCUT2D eigenvalue weighted by Crippen LogP contribution is 2.37. The van der Waals surface area contributed by atoms with Crippen LogP contribution < -0.4 is 0 Å². The van der Waals surface area contributed by atoms with E-state index in [2.05, 4.69) is 24.3 Å². The quantitative estimate of drug-likeness (QED) is 0.453. The summed E-state index contributed by atoms with van der Waals surface area (Å²) in [6.45, 7) is 0.571. The number of benzene rings is 3. The second-order valence-electron chi connectivity index (χ2n) is 6.43. The molecule has 0 spiro atoms. The van der Waals surface area contributed by atoms with Crippen molar-refractivity contribution in [3.63, 3.8) is 0 Å². The summed E-state index contributed by atoms with van der Waals surface area (Å²) in [5, 5.41) is 0. The zero-order valence-corrected chi connectivity index (χ0v) is 15.6. The maximum atomic E-state index is 10.9. The Morgan fingerprint density at radius 3 is 2.26 bits per heavy atom. The molecule has 0 amide bonds. The first-order valence-corrected chi connectivity index (χ1v) is 9.80. The number of nitrogens with zero attached hydrogens (tertiary/aromatic N) is 1. The lowest BCUT2D eigenvalue weighted by molar-refractivity contribution is 0.112. The Hall–Kier alpha value is -2.85. The number of hydrogen-bond acceptors (Lipinski definition) is 4. The lowest BCUT2D eigenvalue weighted by atomic mass is 9.96. The van der Waals surface area contributed by atoms with Crippen molar-refractivity contribution in [2.24, 2.45) is 4.99 Å². The van der Waals surface area contributed by atoms with Gasteiger partial charge in [-0.3, -0.25) is 4.79 Å². The summed E-state index contributed by atoms with van der Waals surface area (Å²) < 4.78 is 6.46. The van der Waals surface area contributed by atoms with Crippen molar-refractivity contribution in [1.29, 1.82) is 0 Å². The van der Waals surface area contributed by atoms with Crippen molar-refractivity contribution in [3.8, 4) is 0 Å². The molecule has 1 unspecified atom stereocenters. The maximum absolute atomic E-state index is 10.9. The van der Waals surface area contributed by atoms with Crippen LogP contribution in [0.3, 0.4) is 0 Å². The van der Waals surface area contributed by atoms with Gasteiger partial charge in [-0.2, -0.15) is 0 Å². The predicted octanol–water partition coefficient (Wildman–Crippen LogP) is 4.96. The molecule has 0 aromatic heterocycles. The fourth-order valence-corrected chi connectivity index (χ4v) is 4.14. The highest BCUT2D eigenvalue weighted by molar-refractivity contribution is 7.99. The van der Waals surface area contributed by atoms with Crippen molar-refractivity contribution >= 4 is 23.9 Å². The van der Waals surface area contributed by atoms with Gasteiger partial charge < -0.3 is 4.74 Å². The van der Waals surface area contributed by atoms with Crippen LogP contribution in [0, 0.1) is 0 Å². The Bertz CT molecular complexity index is 939. The molecule has 1 atom stereocenters. The normalized spacial score (nSPS) is 18.6. The Morgan fingerprint density at radius 2 is 1.59 bits per heavy atom. The number of thioether (sulfide) groups is 1. The van der Waals surface area contributed by atoms with E-state index in [0.717, 1.165) is 23.2 Å². The first-order chi connectivity index (χ1) is 13.3. The van der Waals surface area contributed by atoms with Gasteiger partial charge in [0.1, 0.15) is 6.29 Å². The zero-order valence-electron chi connectivity index (χ0n) is 14.7. The van der Waals surface area contributed by atoms with E-state index < -0.39 is 5.60 Å². The second kappa shape index (κ2) is 7.80. The van der Waals surface area contributed by atoms with Gasteiger partial charge in [0.15, 0.2) is 5.60 Å². The average Bonchev–Trinajstić information content (AvgIpc) is 3.19. The standard InChI is InChI=1S/C23H19NO2S/c25-15-18-11-13-19(14-12-18)22-24-16-23(26-22,20-7-3-1-4-8-20)17-27-21-9-5-2-6-10-21/h1-15H,16-17H2. The molecule has 0 saturated carbocycles. The van der Waals surface area contributed by atoms with Crippen molar-refractivity contribution in [3.05, 3.63) is 102 Å². The number of aldehydes is 1. The van der Waals surface area contributed by atoms with Crippen LogP contribution in [-0.2, 0) is 10.3 Å². The molecule has 4 rings (SSSR count). The molecule has 4 heteroatoms. The molecule has 0 saturated heterocycles. The van der Waals surface area contributed by atoms with E-state index in [1.807, 2.05) is 48.5 Å². The first-order valence-electron chi connectivity index (χ1n) is 8.82. The van der Waals surface area contributed by atoms with Gasteiger partial charge in [-0.05, 0) is 29.8 Å². The fourth-order valence-electron chi connectivity index (χ4n) is 3.07. The maximum Gasteiger partial charge on any atom is 0.217 e. The van der Waals surface area contributed by atoms with Crippen LogP contribution in [0.1, 0.15) is 21.5 Å². The lowest BCUT2D eigenvalue weighted by Crippen LogP contribution is -2.33. The summed E-state index contributed by atoms with van der Waals surface area (Å²) in [6, 6.07) is 27.9. The van der Waals surface area contributed by atoms with Crippen molar-refractivity contribution in [1.82, 2.24) is 0 Å². The molecule has 134 valence electrons. The van der Waals surface area contributed by atoms with Gasteiger partial charge in [0.2, 0.25) is 5.90 Å². The van der Waals surface area contributed by atoms with Crippen LogP contribution in [0.15, 0.2) is 94.8 Å². The monoisotopic (exact) mass is 373 g/mol. The Kier molecular flexibility index (Phi) is 5.07. The Morgan fingerprint density at radius 1 is 0.926 bits per heavy atom. The van der Waals surface area contributed by atoms with Crippen molar-refractivity contribution in [2.45, 2.75) is 10.5 Å². The molecule has 3 nitrogen and oxygen atoms in total. The summed E-state index contributed by atoms with van der Waals surface area (Å²) in [5.74, 6) is 1.39. The zero-order chi connectivity index (χ0) is 18.5. The molecule has 0 aliphatic carbocycles. The highest BCUT2D eigenvalue weighted by Gasteiger charge is 2.40. The molecular weight excluding hydrogens is 354 g/mol. The van der Waals surface area contributed by atoms with Crippen LogP contribution in [0.4, 0.5) is 0 Å². The van der Waals surface area contributed by atoms with E-state index in [1.165, 1.54) is 4.90 Å². The summed E-state index contributed by atoms with van der Waals surface area (Å²) in [4.78, 5) is 16.8. The minimum atomic E-state index is -0.500. The largest absolute Gasteiger partial charge is 0.463 e. The van der Waals surface area contributed by atoms with E-state index in [9.17, 15) is 4.79 Å². The Labute approximate surface area is 163 Å². The van der Waals surface area contributed by atoms with E-state index in [0.29, 0.717) is 18.0 Å². The molecule has 27 heavy (non-hydrogen) atoms. The summed E-state index contributed by atoms with van der Waals surface area (Å²) >= 11 is 1.77. The molecule has 1 heterocycles. The minimum absolute atomic E-state index is 0.500. The van der Waals surface area contributed by atoms with E-state index in [4.69, 9.17) is 9.73 Å². The number of carbonyl (C=O) groups is 1. The van der Waals surface area contributed by atoms with Gasteiger partial charge in [0.25, 0.3) is 0 Å². The van der Waals surface area contributed by atoms with Gasteiger partial charge in [-0.15, -0.1) is 11.8 Å². The summed E-state index contributed by atoms with van der Waals surface area (Å²) in [5.41, 5.74) is 2.16. The van der Waals surface area contributed by atoms with Gasteiger partial charge in [-0.1, -0.05) is 60.7 Å². The molecule has 0 bridgehead atoms. The third kappa shape index (κ3) is 3.81. The van der Waals surface area contributed by atoms with E-state index >= 15 is 0 Å². The molecule has 3 aromatic carbocycles. The second-order valence-corrected chi connectivity index (χ2v) is 7.47. The van der Waals surface area contributed by atoms with Gasteiger partial charge in [-0.25, -0.2) is 4.99 Å². The van der Waals surface area contributed by atoms with E-state index in [1.54, 1.807) is 23.9 Å². The molecule has 0 radical (unpaired) electrons. The number of aliphatic imine (C=N–C) groups is 1. The van der Waals surface area contributed by atoms with Crippen LogP contribution in [0.2, 0.25) is 0 Å². The molecular formula is C23H19NO2S. The minimum Gasteiger partial charge on any atom is -0.463 e. The van der Waals surface area contributed by atoms with Gasteiger partial charge in [0.05, 0.1) is 6.54 Å². The average molecular weight is 373 g/mol. The number of rotatable bonds is 6. The van der Waals surface area contributed by atoms with Crippen molar-refractivity contribution in [2.75, 3.05) is 12.3 Å². The summed E-state index contributed by atoms with van der Waals surface area (Å²) in [6.07, 6.45) is 0.839. The number of carbonyl (C=O) groups excluding carboxylic acids is 1. The Balaban J connectivity index is 1.59. The van der Waals surface area contributed by atoms with Crippen LogP contribution >= 0.6 is 11.8 Å². The predicted molar refractivity (Wildman–Crippen MR) is 110 cm³/mol. The molecule has 0 fully saturated rings. The number of hydrogen-bond donors (Lipinski definition) is 0. The summed E-state index contributed by atoms with van der Waals surface area (Å²) in [7, 11) is 0. The molecule has 3 aromatic rings. The SMILES string of the molecule is O=Cc1ccc(C2=NCC(CSc3ccccc3)(c3ccccc3)O2)cc1. The topological polar surface area (TPSA) is 38.7 Å².